The molecular weight excluding hydrogens is 172 g/mol. The average Bonchev–Trinajstić information content (AvgIpc) is 2.98. The fraction of sp³-hybridized carbons (Fsp3) is 0.500. The molecule has 1 aromatic rings. The van der Waals surface area contributed by atoms with Crippen LogP contribution in [0, 0.1) is 12.8 Å². The first-order chi connectivity index (χ1) is 6.79. The molecule has 1 unspecified atom stereocenters. The Bertz CT molecular complexity index is 305. The molecular formula is C12H18N2. The van der Waals surface area contributed by atoms with Crippen LogP contribution >= 0.6 is 0 Å². The van der Waals surface area contributed by atoms with Crippen LogP contribution in [-0.2, 0) is 0 Å². The smallest absolute Gasteiger partial charge is 0.0462 e. The van der Waals surface area contributed by atoms with E-state index in [2.05, 4.69) is 36.6 Å². The molecule has 0 aliphatic heterocycles. The Morgan fingerprint density at radius 2 is 2.29 bits per heavy atom. The highest BCUT2D eigenvalue weighted by Gasteiger charge is 2.25. The lowest BCUT2D eigenvalue weighted by Gasteiger charge is -2.16. The van der Waals surface area contributed by atoms with E-state index in [0.29, 0.717) is 6.04 Å². The molecule has 1 saturated carbocycles. The molecule has 1 aliphatic rings. The normalized spacial score (nSPS) is 18.1. The van der Waals surface area contributed by atoms with E-state index < -0.39 is 0 Å². The van der Waals surface area contributed by atoms with Gasteiger partial charge in [-0.1, -0.05) is 42.7 Å². The van der Waals surface area contributed by atoms with Gasteiger partial charge in [0.25, 0.3) is 0 Å². The maximum atomic E-state index is 5.58. The molecule has 0 saturated heterocycles. The Kier molecular flexibility index (Phi) is 2.85. The molecule has 1 aliphatic carbocycles. The first-order valence-corrected chi connectivity index (χ1v) is 5.32. The molecule has 1 fully saturated rings. The van der Waals surface area contributed by atoms with Gasteiger partial charge in [-0.2, -0.15) is 0 Å². The molecule has 76 valence electrons. The van der Waals surface area contributed by atoms with Crippen molar-refractivity contribution in [2.75, 3.05) is 0 Å². The van der Waals surface area contributed by atoms with Crippen molar-refractivity contribution >= 4 is 0 Å². The summed E-state index contributed by atoms with van der Waals surface area (Å²) in [5.41, 5.74) is 5.54. The molecule has 0 spiro atoms. The zero-order valence-corrected chi connectivity index (χ0v) is 8.66. The summed E-state index contributed by atoms with van der Waals surface area (Å²) >= 11 is 0. The lowest BCUT2D eigenvalue weighted by atomic mass is 10.0. The minimum Gasteiger partial charge on any atom is -0.271 e. The van der Waals surface area contributed by atoms with Crippen LogP contribution < -0.4 is 11.3 Å². The molecule has 0 amide bonds. The first-order valence-electron chi connectivity index (χ1n) is 5.32. The highest BCUT2D eigenvalue weighted by atomic mass is 15.2. The second-order valence-corrected chi connectivity index (χ2v) is 4.31. The highest BCUT2D eigenvalue weighted by molar-refractivity contribution is 5.25. The van der Waals surface area contributed by atoms with Gasteiger partial charge in [0, 0.05) is 6.04 Å². The van der Waals surface area contributed by atoms with Crippen LogP contribution in [0.25, 0.3) is 0 Å². The van der Waals surface area contributed by atoms with Crippen molar-refractivity contribution in [2.45, 2.75) is 32.2 Å². The van der Waals surface area contributed by atoms with Crippen LogP contribution in [0.15, 0.2) is 24.3 Å². The first kappa shape index (κ1) is 9.69. The fourth-order valence-corrected chi connectivity index (χ4v) is 1.87. The topological polar surface area (TPSA) is 38.0 Å². The quantitative estimate of drug-likeness (QED) is 0.564. The molecule has 2 rings (SSSR count). The van der Waals surface area contributed by atoms with Gasteiger partial charge in [-0.15, -0.1) is 0 Å². The monoisotopic (exact) mass is 190 g/mol. The standard InChI is InChI=1S/C12H18N2/c1-9-3-2-4-11(7-9)12(14-13)8-10-5-6-10/h2-4,7,10,12,14H,5-6,8,13H2,1H3. The summed E-state index contributed by atoms with van der Waals surface area (Å²) in [6.45, 7) is 2.12. The number of hydrogen-bond donors (Lipinski definition) is 2. The predicted octanol–water partition coefficient (Wildman–Crippen LogP) is 2.30. The van der Waals surface area contributed by atoms with Crippen molar-refractivity contribution in [3.05, 3.63) is 35.4 Å². The number of benzene rings is 1. The van der Waals surface area contributed by atoms with Crippen LogP contribution in [-0.4, -0.2) is 0 Å². The summed E-state index contributed by atoms with van der Waals surface area (Å²) in [5.74, 6) is 6.48. The fourth-order valence-electron chi connectivity index (χ4n) is 1.87. The summed E-state index contributed by atoms with van der Waals surface area (Å²) in [5, 5.41) is 0. The van der Waals surface area contributed by atoms with Crippen LogP contribution in [0.3, 0.4) is 0 Å². The van der Waals surface area contributed by atoms with E-state index in [1.807, 2.05) is 0 Å². The van der Waals surface area contributed by atoms with Crippen LogP contribution in [0.4, 0.5) is 0 Å². The molecule has 2 nitrogen and oxygen atoms in total. The van der Waals surface area contributed by atoms with Gasteiger partial charge >= 0.3 is 0 Å². The van der Waals surface area contributed by atoms with E-state index in [0.717, 1.165) is 5.92 Å². The summed E-state index contributed by atoms with van der Waals surface area (Å²) in [4.78, 5) is 0. The van der Waals surface area contributed by atoms with Gasteiger partial charge in [0.1, 0.15) is 0 Å². The second kappa shape index (κ2) is 4.11. The summed E-state index contributed by atoms with van der Waals surface area (Å²) in [6, 6.07) is 8.92. The number of rotatable bonds is 4. The van der Waals surface area contributed by atoms with Crippen molar-refractivity contribution in [1.82, 2.24) is 5.43 Å². The van der Waals surface area contributed by atoms with E-state index in [-0.39, 0.29) is 0 Å². The third-order valence-corrected chi connectivity index (χ3v) is 2.91. The number of aryl methyl sites for hydroxylation is 1. The van der Waals surface area contributed by atoms with Crippen molar-refractivity contribution in [2.24, 2.45) is 11.8 Å². The molecule has 14 heavy (non-hydrogen) atoms. The van der Waals surface area contributed by atoms with Gasteiger partial charge < -0.3 is 0 Å². The maximum absolute atomic E-state index is 5.58. The molecule has 3 N–H and O–H groups in total. The van der Waals surface area contributed by atoms with Gasteiger partial charge in [0.05, 0.1) is 0 Å². The van der Waals surface area contributed by atoms with Crippen LogP contribution in [0.5, 0.6) is 0 Å². The van der Waals surface area contributed by atoms with Gasteiger partial charge in [0.15, 0.2) is 0 Å². The number of hydrogen-bond acceptors (Lipinski definition) is 2. The third kappa shape index (κ3) is 2.34. The molecule has 0 bridgehead atoms. The van der Waals surface area contributed by atoms with Crippen LogP contribution in [0.2, 0.25) is 0 Å². The molecule has 1 atom stereocenters. The third-order valence-electron chi connectivity index (χ3n) is 2.91. The van der Waals surface area contributed by atoms with Crippen molar-refractivity contribution < 1.29 is 0 Å². The molecule has 0 radical (unpaired) electrons. The van der Waals surface area contributed by atoms with Gasteiger partial charge in [-0.25, -0.2) is 0 Å². The van der Waals surface area contributed by atoms with Crippen molar-refractivity contribution in [3.8, 4) is 0 Å². The Labute approximate surface area is 85.5 Å². The number of hydrazine groups is 1. The summed E-state index contributed by atoms with van der Waals surface area (Å²) in [7, 11) is 0. The Morgan fingerprint density at radius 1 is 1.50 bits per heavy atom. The highest BCUT2D eigenvalue weighted by Crippen LogP contribution is 2.37. The zero-order chi connectivity index (χ0) is 9.97. The largest absolute Gasteiger partial charge is 0.271 e. The van der Waals surface area contributed by atoms with Crippen LogP contribution in [0.1, 0.15) is 36.4 Å². The summed E-state index contributed by atoms with van der Waals surface area (Å²) < 4.78 is 0. The van der Waals surface area contributed by atoms with Gasteiger partial charge in [0.2, 0.25) is 0 Å². The zero-order valence-electron chi connectivity index (χ0n) is 8.66. The average molecular weight is 190 g/mol. The van der Waals surface area contributed by atoms with E-state index >= 15 is 0 Å². The van der Waals surface area contributed by atoms with E-state index in [1.165, 1.54) is 30.4 Å². The van der Waals surface area contributed by atoms with Crippen molar-refractivity contribution in [3.63, 3.8) is 0 Å². The minimum absolute atomic E-state index is 0.336. The lowest BCUT2D eigenvalue weighted by Crippen LogP contribution is -2.28. The Hall–Kier alpha value is -0.860. The van der Waals surface area contributed by atoms with Gasteiger partial charge in [-0.05, 0) is 24.8 Å². The van der Waals surface area contributed by atoms with Crippen molar-refractivity contribution in [1.29, 1.82) is 0 Å². The molecule has 0 aromatic heterocycles. The van der Waals surface area contributed by atoms with E-state index in [4.69, 9.17) is 5.84 Å². The maximum Gasteiger partial charge on any atom is 0.0462 e. The van der Waals surface area contributed by atoms with Gasteiger partial charge in [-0.3, -0.25) is 11.3 Å². The second-order valence-electron chi connectivity index (χ2n) is 4.31. The Morgan fingerprint density at radius 3 is 2.86 bits per heavy atom. The minimum atomic E-state index is 0.336. The Balaban J connectivity index is 2.08. The molecule has 1 aromatic carbocycles. The molecule has 2 heteroatoms. The number of nitrogens with two attached hydrogens (primary N) is 1. The predicted molar refractivity (Wildman–Crippen MR) is 58.6 cm³/mol. The SMILES string of the molecule is Cc1cccc(C(CC2CC2)NN)c1. The lowest BCUT2D eigenvalue weighted by molar-refractivity contribution is 0.487. The number of nitrogens with one attached hydrogen (secondary N) is 1. The molecule has 0 heterocycles. The van der Waals surface area contributed by atoms with E-state index in [1.54, 1.807) is 0 Å². The summed E-state index contributed by atoms with van der Waals surface area (Å²) in [6.07, 6.45) is 3.94. The van der Waals surface area contributed by atoms with E-state index in [9.17, 15) is 0 Å².